The highest BCUT2D eigenvalue weighted by Gasteiger charge is 2.48. The summed E-state index contributed by atoms with van der Waals surface area (Å²) in [6, 6.07) is 13.3. The SMILES string of the molecule is O=C(OCC(CC1CCNCC1)c1cccnc1)C(O)(c1ccccc1)C1CCCC1. The van der Waals surface area contributed by atoms with Crippen LogP contribution in [-0.2, 0) is 15.1 Å². The van der Waals surface area contributed by atoms with Crippen LogP contribution >= 0.6 is 0 Å². The average Bonchev–Trinajstić information content (AvgIpc) is 3.38. The summed E-state index contributed by atoms with van der Waals surface area (Å²) in [5.41, 5.74) is 0.160. The molecule has 1 aliphatic heterocycles. The van der Waals surface area contributed by atoms with Gasteiger partial charge in [0.15, 0.2) is 5.60 Å². The Morgan fingerprint density at radius 2 is 1.84 bits per heavy atom. The Balaban J connectivity index is 1.51. The van der Waals surface area contributed by atoms with E-state index in [0.29, 0.717) is 11.5 Å². The molecular weight excluding hydrogens is 388 g/mol. The maximum atomic E-state index is 13.4. The van der Waals surface area contributed by atoms with Gasteiger partial charge in [-0.3, -0.25) is 4.98 Å². The molecule has 31 heavy (non-hydrogen) atoms. The van der Waals surface area contributed by atoms with Crippen LogP contribution in [0.1, 0.15) is 62.0 Å². The van der Waals surface area contributed by atoms with Gasteiger partial charge in [0.05, 0.1) is 6.61 Å². The largest absolute Gasteiger partial charge is 0.463 e. The zero-order chi connectivity index (χ0) is 21.5. The van der Waals surface area contributed by atoms with Gasteiger partial charge in [-0.2, -0.15) is 0 Å². The molecule has 2 N–H and O–H groups in total. The Morgan fingerprint density at radius 3 is 2.52 bits per heavy atom. The number of nitrogens with zero attached hydrogens (tertiary/aromatic N) is 1. The van der Waals surface area contributed by atoms with E-state index < -0.39 is 11.6 Å². The number of hydrogen-bond acceptors (Lipinski definition) is 5. The Hall–Kier alpha value is -2.24. The maximum Gasteiger partial charge on any atom is 0.343 e. The Labute approximate surface area is 185 Å². The van der Waals surface area contributed by atoms with Crippen molar-refractivity contribution in [1.82, 2.24) is 10.3 Å². The van der Waals surface area contributed by atoms with Gasteiger partial charge in [0, 0.05) is 24.2 Å². The molecular formula is C26H34N2O3. The fourth-order valence-electron chi connectivity index (χ4n) is 5.28. The maximum absolute atomic E-state index is 13.4. The van der Waals surface area contributed by atoms with Crippen molar-refractivity contribution in [2.75, 3.05) is 19.7 Å². The summed E-state index contributed by atoms with van der Waals surface area (Å²) >= 11 is 0. The highest BCUT2D eigenvalue weighted by molar-refractivity contribution is 5.81. The predicted molar refractivity (Wildman–Crippen MR) is 120 cm³/mol. The summed E-state index contributed by atoms with van der Waals surface area (Å²) < 4.78 is 5.90. The second-order valence-corrected chi connectivity index (χ2v) is 9.12. The third-order valence-corrected chi connectivity index (χ3v) is 7.12. The fourth-order valence-corrected chi connectivity index (χ4v) is 5.28. The number of nitrogens with one attached hydrogen (secondary N) is 1. The van der Waals surface area contributed by atoms with Crippen molar-refractivity contribution in [3.05, 3.63) is 66.0 Å². The van der Waals surface area contributed by atoms with E-state index in [1.54, 1.807) is 6.20 Å². The predicted octanol–water partition coefficient (Wildman–Crippen LogP) is 4.18. The van der Waals surface area contributed by atoms with Crippen LogP contribution in [0.3, 0.4) is 0 Å². The Bertz CT molecular complexity index is 817. The Morgan fingerprint density at radius 1 is 1.10 bits per heavy atom. The minimum atomic E-state index is -1.58. The van der Waals surface area contributed by atoms with Gasteiger partial charge < -0.3 is 15.2 Å². The van der Waals surface area contributed by atoms with Crippen molar-refractivity contribution in [3.63, 3.8) is 0 Å². The summed E-state index contributed by atoms with van der Waals surface area (Å²) in [7, 11) is 0. The van der Waals surface area contributed by atoms with Gasteiger partial charge in [-0.1, -0.05) is 49.2 Å². The van der Waals surface area contributed by atoms with Crippen molar-refractivity contribution in [1.29, 1.82) is 0 Å². The zero-order valence-electron chi connectivity index (χ0n) is 18.2. The molecule has 2 aromatic rings. The standard InChI is InChI=1S/C26H34N2O3/c29-25(26(30,24-10-4-5-11-24)23-8-2-1-3-9-23)31-19-22(21-7-6-14-28-18-21)17-20-12-15-27-16-13-20/h1-3,6-9,14,18,20,22,24,27,30H,4-5,10-13,15-17,19H2. The smallest absolute Gasteiger partial charge is 0.343 e. The topological polar surface area (TPSA) is 71.5 Å². The number of aliphatic hydroxyl groups is 1. The lowest BCUT2D eigenvalue weighted by Crippen LogP contribution is -2.44. The lowest BCUT2D eigenvalue weighted by molar-refractivity contribution is -0.174. The lowest BCUT2D eigenvalue weighted by Gasteiger charge is -2.33. The number of carbonyl (C=O) groups excluding carboxylic acids is 1. The van der Waals surface area contributed by atoms with Crippen LogP contribution in [-0.4, -0.2) is 35.8 Å². The second kappa shape index (κ2) is 10.4. The summed E-state index contributed by atoms with van der Waals surface area (Å²) in [6.07, 6.45) is 10.7. The van der Waals surface area contributed by atoms with E-state index in [4.69, 9.17) is 4.74 Å². The number of esters is 1. The number of rotatable bonds is 8. The normalized spacial score (nSPS) is 20.8. The van der Waals surface area contributed by atoms with E-state index in [1.165, 1.54) is 0 Å². The van der Waals surface area contributed by atoms with E-state index in [2.05, 4.69) is 16.4 Å². The zero-order valence-corrected chi connectivity index (χ0v) is 18.2. The van der Waals surface area contributed by atoms with Crippen LogP contribution in [0.15, 0.2) is 54.9 Å². The first-order chi connectivity index (χ1) is 15.2. The van der Waals surface area contributed by atoms with Gasteiger partial charge in [-0.15, -0.1) is 0 Å². The summed E-state index contributed by atoms with van der Waals surface area (Å²) in [5, 5.41) is 15.1. The van der Waals surface area contributed by atoms with Gasteiger partial charge in [0.2, 0.25) is 0 Å². The summed E-state index contributed by atoms with van der Waals surface area (Å²) in [5.74, 6) is 0.0887. The van der Waals surface area contributed by atoms with Crippen LogP contribution in [0.2, 0.25) is 0 Å². The van der Waals surface area contributed by atoms with Crippen LogP contribution in [0.25, 0.3) is 0 Å². The molecule has 5 nitrogen and oxygen atoms in total. The van der Waals surface area contributed by atoms with Gasteiger partial charge in [-0.25, -0.2) is 4.79 Å². The summed E-state index contributed by atoms with van der Waals surface area (Å²) in [6.45, 7) is 2.36. The average molecular weight is 423 g/mol. The fraction of sp³-hybridized carbons (Fsp3) is 0.538. The number of benzene rings is 1. The molecule has 0 spiro atoms. The van der Waals surface area contributed by atoms with Crippen molar-refractivity contribution in [2.45, 2.75) is 56.5 Å². The van der Waals surface area contributed by atoms with Crippen molar-refractivity contribution >= 4 is 5.97 Å². The van der Waals surface area contributed by atoms with Crippen molar-refractivity contribution in [3.8, 4) is 0 Å². The number of ether oxygens (including phenoxy) is 1. The van der Waals surface area contributed by atoms with E-state index in [-0.39, 0.29) is 18.4 Å². The van der Waals surface area contributed by atoms with Gasteiger partial charge in [0.1, 0.15) is 0 Å². The molecule has 0 amide bonds. The number of hydrogen-bond donors (Lipinski definition) is 2. The highest BCUT2D eigenvalue weighted by Crippen LogP contribution is 2.42. The van der Waals surface area contributed by atoms with Crippen LogP contribution in [0.4, 0.5) is 0 Å². The number of piperidine rings is 1. The molecule has 1 saturated carbocycles. The first-order valence-electron chi connectivity index (χ1n) is 11.7. The van der Waals surface area contributed by atoms with Crippen LogP contribution in [0.5, 0.6) is 0 Å². The molecule has 1 aliphatic carbocycles. The van der Waals surface area contributed by atoms with E-state index in [1.807, 2.05) is 42.6 Å². The molecule has 0 radical (unpaired) electrons. The molecule has 0 bridgehead atoms. The van der Waals surface area contributed by atoms with E-state index in [9.17, 15) is 9.90 Å². The monoisotopic (exact) mass is 422 g/mol. The van der Waals surface area contributed by atoms with Crippen LogP contribution in [0, 0.1) is 11.8 Å². The third kappa shape index (κ3) is 5.16. The summed E-state index contributed by atoms with van der Waals surface area (Å²) in [4.78, 5) is 17.7. The van der Waals surface area contributed by atoms with Crippen molar-refractivity contribution < 1.29 is 14.6 Å². The first-order valence-corrected chi connectivity index (χ1v) is 11.7. The Kier molecular flexibility index (Phi) is 7.36. The van der Waals surface area contributed by atoms with Gasteiger partial charge in [0.25, 0.3) is 0 Å². The quantitative estimate of drug-likeness (QED) is 0.625. The van der Waals surface area contributed by atoms with Gasteiger partial charge in [-0.05, 0) is 68.3 Å². The van der Waals surface area contributed by atoms with Crippen LogP contribution < -0.4 is 5.32 Å². The molecule has 2 unspecified atom stereocenters. The highest BCUT2D eigenvalue weighted by atomic mass is 16.5. The molecule has 2 heterocycles. The molecule has 5 heteroatoms. The molecule has 1 aromatic carbocycles. The first kappa shape index (κ1) is 22.0. The van der Waals surface area contributed by atoms with Gasteiger partial charge >= 0.3 is 5.97 Å². The minimum Gasteiger partial charge on any atom is -0.463 e. The van der Waals surface area contributed by atoms with E-state index >= 15 is 0 Å². The number of pyridine rings is 1. The lowest BCUT2D eigenvalue weighted by atomic mass is 9.80. The van der Waals surface area contributed by atoms with E-state index in [0.717, 1.165) is 63.6 Å². The molecule has 4 rings (SSSR count). The molecule has 2 fully saturated rings. The molecule has 2 aliphatic rings. The number of carbonyl (C=O) groups is 1. The van der Waals surface area contributed by atoms with Crippen molar-refractivity contribution in [2.24, 2.45) is 11.8 Å². The number of aromatic nitrogens is 1. The molecule has 166 valence electrons. The minimum absolute atomic E-state index is 0.0874. The molecule has 1 aromatic heterocycles. The third-order valence-electron chi connectivity index (χ3n) is 7.12. The molecule has 1 saturated heterocycles. The molecule has 2 atom stereocenters. The second-order valence-electron chi connectivity index (χ2n) is 9.12.